The van der Waals surface area contributed by atoms with Crippen molar-refractivity contribution in [3.8, 4) is 11.5 Å². The molecular formula is C21H18BrN3O4. The van der Waals surface area contributed by atoms with Crippen LogP contribution in [0.25, 0.3) is 0 Å². The highest BCUT2D eigenvalue weighted by Crippen LogP contribution is 2.35. The van der Waals surface area contributed by atoms with Crippen LogP contribution in [0.1, 0.15) is 21.7 Å². The van der Waals surface area contributed by atoms with E-state index in [1.54, 1.807) is 48.3 Å². The van der Waals surface area contributed by atoms with Crippen LogP contribution < -0.4 is 14.8 Å². The molecule has 0 spiro atoms. The van der Waals surface area contributed by atoms with E-state index in [2.05, 4.69) is 26.2 Å². The van der Waals surface area contributed by atoms with Crippen molar-refractivity contribution in [3.63, 3.8) is 0 Å². The second-order valence-corrected chi connectivity index (χ2v) is 7.43. The van der Waals surface area contributed by atoms with Crippen molar-refractivity contribution in [3.05, 3.63) is 70.2 Å². The Morgan fingerprint density at radius 3 is 2.48 bits per heavy atom. The fraction of sp³-hybridized carbons (Fsp3) is 0.190. The number of carbonyl (C=O) groups excluding carboxylic acids is 2. The van der Waals surface area contributed by atoms with Crippen molar-refractivity contribution in [2.45, 2.75) is 6.42 Å². The van der Waals surface area contributed by atoms with Crippen LogP contribution in [0.2, 0.25) is 0 Å². The van der Waals surface area contributed by atoms with Gasteiger partial charge in [0.2, 0.25) is 11.7 Å². The predicted octanol–water partition coefficient (Wildman–Crippen LogP) is 3.37. The quantitative estimate of drug-likeness (QED) is 0.596. The number of rotatable bonds is 5. The molecule has 0 saturated heterocycles. The molecule has 0 atom stereocenters. The third kappa shape index (κ3) is 4.17. The average molecular weight is 456 g/mol. The van der Waals surface area contributed by atoms with E-state index in [1.807, 2.05) is 12.1 Å². The van der Waals surface area contributed by atoms with Gasteiger partial charge in [-0.15, -0.1) is 0 Å². The molecule has 1 amide bonds. The van der Waals surface area contributed by atoms with Gasteiger partial charge in [0.05, 0.1) is 6.42 Å². The SMILES string of the molecule is Cn1ccnc1C(=O)c1ccc(NC(=O)Cc2cc3c(cc2Br)OCCO3)cc1. The maximum absolute atomic E-state index is 12.5. The lowest BCUT2D eigenvalue weighted by Gasteiger charge is -2.19. The first-order valence-corrected chi connectivity index (χ1v) is 9.80. The van der Waals surface area contributed by atoms with Crippen LogP contribution in [0.4, 0.5) is 5.69 Å². The molecule has 4 rings (SSSR count). The number of hydrogen-bond acceptors (Lipinski definition) is 5. The Balaban J connectivity index is 1.43. The molecule has 0 fully saturated rings. The van der Waals surface area contributed by atoms with Gasteiger partial charge in [-0.2, -0.15) is 0 Å². The van der Waals surface area contributed by atoms with E-state index >= 15 is 0 Å². The van der Waals surface area contributed by atoms with E-state index in [9.17, 15) is 9.59 Å². The molecule has 148 valence electrons. The zero-order valence-electron chi connectivity index (χ0n) is 15.6. The summed E-state index contributed by atoms with van der Waals surface area (Å²) >= 11 is 3.48. The molecule has 7 nitrogen and oxygen atoms in total. The van der Waals surface area contributed by atoms with E-state index in [0.717, 1.165) is 10.0 Å². The van der Waals surface area contributed by atoms with E-state index in [1.165, 1.54) is 0 Å². The van der Waals surface area contributed by atoms with Gasteiger partial charge in [-0.1, -0.05) is 15.9 Å². The van der Waals surface area contributed by atoms with Gasteiger partial charge in [-0.3, -0.25) is 9.59 Å². The standard InChI is InChI=1S/C21H18BrN3O4/c1-25-7-6-23-21(25)20(27)13-2-4-15(5-3-13)24-19(26)11-14-10-17-18(12-16(14)22)29-9-8-28-17/h2-7,10,12H,8-9,11H2,1H3,(H,24,26). The molecule has 29 heavy (non-hydrogen) atoms. The minimum absolute atomic E-state index is 0.171. The van der Waals surface area contributed by atoms with E-state index in [-0.39, 0.29) is 18.1 Å². The van der Waals surface area contributed by atoms with Crippen LogP contribution in [0.3, 0.4) is 0 Å². The van der Waals surface area contributed by atoms with Gasteiger partial charge in [-0.05, 0) is 42.0 Å². The van der Waals surface area contributed by atoms with Crippen molar-refractivity contribution in [1.82, 2.24) is 9.55 Å². The van der Waals surface area contributed by atoms with E-state index in [0.29, 0.717) is 41.8 Å². The normalized spacial score (nSPS) is 12.5. The average Bonchev–Trinajstić information content (AvgIpc) is 3.14. The number of anilines is 1. The second-order valence-electron chi connectivity index (χ2n) is 6.58. The van der Waals surface area contributed by atoms with Gasteiger partial charge < -0.3 is 19.4 Å². The third-order valence-corrected chi connectivity index (χ3v) is 5.26. The highest BCUT2D eigenvalue weighted by molar-refractivity contribution is 9.10. The van der Waals surface area contributed by atoms with Crippen LogP contribution >= 0.6 is 15.9 Å². The highest BCUT2D eigenvalue weighted by atomic mass is 79.9. The van der Waals surface area contributed by atoms with Crippen LogP contribution in [0, 0.1) is 0 Å². The summed E-state index contributed by atoms with van der Waals surface area (Å²) in [4.78, 5) is 29.0. The molecule has 0 unspecified atom stereocenters. The number of aryl methyl sites for hydroxylation is 1. The number of benzene rings is 2. The first-order chi connectivity index (χ1) is 14.0. The number of halogens is 1. The summed E-state index contributed by atoms with van der Waals surface area (Å²) in [5.74, 6) is 1.33. The van der Waals surface area contributed by atoms with Gasteiger partial charge >= 0.3 is 0 Å². The largest absolute Gasteiger partial charge is 0.486 e. The number of hydrogen-bond donors (Lipinski definition) is 1. The molecule has 0 radical (unpaired) electrons. The van der Waals surface area contributed by atoms with Crippen molar-refractivity contribution in [2.75, 3.05) is 18.5 Å². The van der Waals surface area contributed by atoms with Crippen LogP contribution in [0.15, 0.2) is 53.3 Å². The number of nitrogens with one attached hydrogen (secondary N) is 1. The Morgan fingerprint density at radius 1 is 1.14 bits per heavy atom. The van der Waals surface area contributed by atoms with E-state index in [4.69, 9.17) is 9.47 Å². The van der Waals surface area contributed by atoms with Crippen molar-refractivity contribution in [2.24, 2.45) is 7.05 Å². The third-order valence-electron chi connectivity index (χ3n) is 4.52. The summed E-state index contributed by atoms with van der Waals surface area (Å²) < 4.78 is 13.6. The van der Waals surface area contributed by atoms with Gasteiger partial charge in [0.1, 0.15) is 13.2 Å². The summed E-state index contributed by atoms with van der Waals surface area (Å²) in [5.41, 5.74) is 1.92. The van der Waals surface area contributed by atoms with Crippen molar-refractivity contribution in [1.29, 1.82) is 0 Å². The Bertz CT molecular complexity index is 1080. The highest BCUT2D eigenvalue weighted by Gasteiger charge is 2.17. The summed E-state index contributed by atoms with van der Waals surface area (Å²) in [7, 11) is 1.77. The first-order valence-electron chi connectivity index (χ1n) is 9.01. The molecule has 8 heteroatoms. The first kappa shape index (κ1) is 19.2. The molecule has 1 aliphatic heterocycles. The smallest absolute Gasteiger partial charge is 0.228 e. The Kier molecular flexibility index (Phi) is 5.35. The van der Waals surface area contributed by atoms with Gasteiger partial charge in [0.15, 0.2) is 17.3 Å². The minimum atomic E-state index is -0.175. The molecule has 1 aliphatic rings. The Hall–Kier alpha value is -3.13. The summed E-state index contributed by atoms with van der Waals surface area (Å²) in [5, 5.41) is 2.85. The zero-order chi connectivity index (χ0) is 20.4. The fourth-order valence-corrected chi connectivity index (χ4v) is 3.50. The molecule has 0 aliphatic carbocycles. The molecular weight excluding hydrogens is 438 g/mol. The van der Waals surface area contributed by atoms with Gasteiger partial charge in [0.25, 0.3) is 0 Å². The van der Waals surface area contributed by atoms with Gasteiger partial charge in [0, 0.05) is 35.2 Å². The number of fused-ring (bicyclic) bond motifs is 1. The lowest BCUT2D eigenvalue weighted by atomic mass is 10.1. The summed E-state index contributed by atoms with van der Waals surface area (Å²) in [6, 6.07) is 10.4. The molecule has 3 aromatic rings. The molecule has 2 heterocycles. The maximum Gasteiger partial charge on any atom is 0.228 e. The number of carbonyl (C=O) groups is 2. The molecule has 0 bridgehead atoms. The zero-order valence-corrected chi connectivity index (χ0v) is 17.2. The van der Waals surface area contributed by atoms with Crippen molar-refractivity contribution < 1.29 is 19.1 Å². The maximum atomic E-state index is 12.5. The molecule has 2 aromatic carbocycles. The molecule has 1 N–H and O–H groups in total. The van der Waals surface area contributed by atoms with Crippen molar-refractivity contribution >= 4 is 33.3 Å². The van der Waals surface area contributed by atoms with Crippen LogP contribution in [0.5, 0.6) is 11.5 Å². The topological polar surface area (TPSA) is 82.5 Å². The van der Waals surface area contributed by atoms with Gasteiger partial charge in [-0.25, -0.2) is 4.98 Å². The Labute approximate surface area is 175 Å². The Morgan fingerprint density at radius 2 is 1.83 bits per heavy atom. The molecule has 1 aromatic heterocycles. The minimum Gasteiger partial charge on any atom is -0.486 e. The second kappa shape index (κ2) is 8.08. The fourth-order valence-electron chi connectivity index (χ4n) is 3.04. The monoisotopic (exact) mass is 455 g/mol. The number of nitrogens with zero attached hydrogens (tertiary/aromatic N) is 2. The van der Waals surface area contributed by atoms with Crippen LogP contribution in [-0.2, 0) is 18.3 Å². The number of imidazole rings is 1. The number of amides is 1. The lowest BCUT2D eigenvalue weighted by molar-refractivity contribution is -0.115. The number of aromatic nitrogens is 2. The summed E-state index contributed by atoms with van der Waals surface area (Å²) in [6.45, 7) is 1.00. The number of ether oxygens (including phenoxy) is 2. The number of ketones is 1. The van der Waals surface area contributed by atoms with Crippen LogP contribution in [-0.4, -0.2) is 34.5 Å². The predicted molar refractivity (Wildman–Crippen MR) is 111 cm³/mol. The lowest BCUT2D eigenvalue weighted by Crippen LogP contribution is -2.17. The summed E-state index contributed by atoms with van der Waals surface area (Å²) in [6.07, 6.45) is 3.47. The molecule has 0 saturated carbocycles. The van der Waals surface area contributed by atoms with E-state index < -0.39 is 0 Å².